The van der Waals surface area contributed by atoms with E-state index in [1.807, 2.05) is 0 Å². The van der Waals surface area contributed by atoms with E-state index in [1.54, 1.807) is 45.0 Å². The number of ether oxygens (including phenoxy) is 7. The smallest absolute Gasteiger partial charge is 0.344 e. The zero-order valence-corrected chi connectivity index (χ0v) is 22.2. The van der Waals surface area contributed by atoms with Crippen molar-refractivity contribution in [1.29, 1.82) is 0 Å². The minimum absolute atomic E-state index is 0.0104. The molecule has 39 heavy (non-hydrogen) atoms. The Morgan fingerprint density at radius 3 is 2.56 bits per heavy atom. The molecular weight excluding hydrogens is 508 g/mol. The number of hydrogen-bond acceptors (Lipinski definition) is 10. The van der Waals surface area contributed by atoms with E-state index in [9.17, 15) is 9.59 Å². The highest BCUT2D eigenvalue weighted by Gasteiger charge is 2.28. The molecule has 0 spiro atoms. The van der Waals surface area contributed by atoms with Crippen LogP contribution in [0.25, 0.3) is 22.3 Å². The molecule has 0 radical (unpaired) electrons. The van der Waals surface area contributed by atoms with E-state index in [-0.39, 0.29) is 60.1 Å². The lowest BCUT2D eigenvalue weighted by atomic mass is 10.1. The molecule has 0 aliphatic carbocycles. The molecule has 4 rings (SSSR count). The maximum atomic E-state index is 13.3. The summed E-state index contributed by atoms with van der Waals surface area (Å²) in [5, 5.41) is 0.192. The summed E-state index contributed by atoms with van der Waals surface area (Å²) in [4.78, 5) is 25.2. The molecule has 0 unspecified atom stereocenters. The van der Waals surface area contributed by atoms with Gasteiger partial charge in [-0.3, -0.25) is 4.79 Å². The highest BCUT2D eigenvalue weighted by molar-refractivity contribution is 5.86. The minimum atomic E-state index is -0.814. The average molecular weight is 539 g/mol. The molecule has 1 aliphatic heterocycles. The molecule has 0 bridgehead atoms. The van der Waals surface area contributed by atoms with Gasteiger partial charge in [-0.05, 0) is 25.1 Å². The molecule has 2 heterocycles. The summed E-state index contributed by atoms with van der Waals surface area (Å²) in [7, 11) is 1.53. The number of hydrogen-bond donors (Lipinski definition) is 0. The zero-order chi connectivity index (χ0) is 28.0. The van der Waals surface area contributed by atoms with Crippen molar-refractivity contribution in [2.45, 2.75) is 26.6 Å². The van der Waals surface area contributed by atoms with Crippen molar-refractivity contribution < 1.29 is 42.4 Å². The number of carbonyl (C=O) groups excluding carboxylic acids is 1. The predicted octanol–water partition coefficient (Wildman–Crippen LogP) is 4.98. The van der Waals surface area contributed by atoms with Gasteiger partial charge in [-0.15, -0.1) is 0 Å². The minimum Gasteiger partial charge on any atom is -0.493 e. The van der Waals surface area contributed by atoms with Gasteiger partial charge in [-0.1, -0.05) is 12.7 Å². The third-order valence-corrected chi connectivity index (χ3v) is 5.46. The van der Waals surface area contributed by atoms with Gasteiger partial charge in [0.25, 0.3) is 0 Å². The summed E-state index contributed by atoms with van der Waals surface area (Å²) in [6.45, 7) is 9.04. The predicted molar refractivity (Wildman–Crippen MR) is 142 cm³/mol. The van der Waals surface area contributed by atoms with E-state index in [1.165, 1.54) is 31.6 Å². The molecule has 10 heteroatoms. The second-order valence-electron chi connectivity index (χ2n) is 8.82. The van der Waals surface area contributed by atoms with E-state index in [4.69, 9.17) is 37.6 Å². The van der Waals surface area contributed by atoms with Crippen LogP contribution in [0.2, 0.25) is 0 Å². The molecule has 0 atom stereocenters. The van der Waals surface area contributed by atoms with Crippen molar-refractivity contribution in [2.24, 2.45) is 0 Å². The molecule has 0 N–H and O–H groups in total. The first-order valence-electron chi connectivity index (χ1n) is 12.2. The fourth-order valence-electron chi connectivity index (χ4n) is 3.79. The van der Waals surface area contributed by atoms with Crippen molar-refractivity contribution in [3.05, 3.63) is 71.3 Å². The molecule has 0 saturated heterocycles. The highest BCUT2D eigenvalue weighted by Crippen LogP contribution is 2.36. The molecule has 206 valence electrons. The van der Waals surface area contributed by atoms with Crippen molar-refractivity contribution in [3.63, 3.8) is 0 Å². The van der Waals surface area contributed by atoms with Crippen molar-refractivity contribution in [2.75, 3.05) is 33.5 Å². The van der Waals surface area contributed by atoms with Gasteiger partial charge in [0.05, 0.1) is 13.7 Å². The third kappa shape index (κ3) is 6.64. The van der Waals surface area contributed by atoms with Crippen LogP contribution in [0.3, 0.4) is 0 Å². The van der Waals surface area contributed by atoms with Crippen LogP contribution >= 0.6 is 0 Å². The summed E-state index contributed by atoms with van der Waals surface area (Å²) in [6.07, 6.45) is 3.07. The van der Waals surface area contributed by atoms with E-state index in [0.717, 1.165) is 0 Å². The van der Waals surface area contributed by atoms with E-state index in [0.29, 0.717) is 22.8 Å². The Bertz CT molecular complexity index is 1450. The number of esters is 1. The van der Waals surface area contributed by atoms with Gasteiger partial charge >= 0.3 is 5.97 Å². The van der Waals surface area contributed by atoms with Gasteiger partial charge in [0, 0.05) is 37.6 Å². The lowest BCUT2D eigenvalue weighted by molar-refractivity contribution is -0.145. The van der Waals surface area contributed by atoms with Gasteiger partial charge in [0.15, 0.2) is 29.3 Å². The second kappa shape index (κ2) is 11.8. The molecule has 1 aliphatic rings. The monoisotopic (exact) mass is 538 g/mol. The number of carbonyl (C=O) groups is 1. The van der Waals surface area contributed by atoms with Gasteiger partial charge in [0.2, 0.25) is 5.79 Å². The first-order chi connectivity index (χ1) is 18.7. The average Bonchev–Trinajstić information content (AvgIpc) is 3.27. The summed E-state index contributed by atoms with van der Waals surface area (Å²) in [5.74, 6) is 0.782. The van der Waals surface area contributed by atoms with Crippen molar-refractivity contribution in [3.8, 4) is 34.3 Å². The maximum absolute atomic E-state index is 13.3. The van der Waals surface area contributed by atoms with Crippen LogP contribution in [0.15, 0.2) is 70.3 Å². The van der Waals surface area contributed by atoms with Crippen LogP contribution in [0.1, 0.15) is 20.8 Å². The zero-order valence-electron chi connectivity index (χ0n) is 22.2. The van der Waals surface area contributed by atoms with E-state index < -0.39 is 11.8 Å². The fraction of sp³-hybridized carbons (Fsp3) is 0.310. The molecule has 1 aromatic heterocycles. The van der Waals surface area contributed by atoms with E-state index in [2.05, 4.69) is 6.58 Å². The summed E-state index contributed by atoms with van der Waals surface area (Å²) in [5.41, 5.74) is 0.426. The van der Waals surface area contributed by atoms with E-state index >= 15 is 0 Å². The van der Waals surface area contributed by atoms with Gasteiger partial charge < -0.3 is 37.6 Å². The number of benzene rings is 2. The van der Waals surface area contributed by atoms with Crippen LogP contribution in [0.5, 0.6) is 23.0 Å². The normalized spacial score (nSPS) is 13.6. The SMILES string of the molecule is C=CCOc1cc(-c2cc(=O)c3c(OCC4=COC(C)(C)O4)cc(OCC(=O)OCC)cc3o2)ccc1OC. The molecule has 0 amide bonds. The molecule has 3 aromatic rings. The topological polar surface area (TPSA) is 112 Å². The quantitative estimate of drug-likeness (QED) is 0.231. The molecule has 10 nitrogen and oxygen atoms in total. The van der Waals surface area contributed by atoms with Crippen LogP contribution in [-0.2, 0) is 19.0 Å². The summed E-state index contributed by atoms with van der Waals surface area (Å²) in [6, 6.07) is 9.55. The molecule has 2 aromatic carbocycles. The van der Waals surface area contributed by atoms with Gasteiger partial charge in [-0.25, -0.2) is 4.79 Å². The van der Waals surface area contributed by atoms with Crippen LogP contribution in [-0.4, -0.2) is 45.3 Å². The Balaban J connectivity index is 1.73. The largest absolute Gasteiger partial charge is 0.493 e. The second-order valence-corrected chi connectivity index (χ2v) is 8.82. The first-order valence-corrected chi connectivity index (χ1v) is 12.2. The lowest BCUT2D eigenvalue weighted by Crippen LogP contribution is -2.21. The van der Waals surface area contributed by atoms with Crippen LogP contribution in [0, 0.1) is 0 Å². The highest BCUT2D eigenvalue weighted by atomic mass is 16.7. The van der Waals surface area contributed by atoms with Crippen molar-refractivity contribution >= 4 is 16.9 Å². The Hall–Kier alpha value is -4.60. The molecule has 0 fully saturated rings. The first kappa shape index (κ1) is 27.4. The van der Waals surface area contributed by atoms with Crippen LogP contribution in [0.4, 0.5) is 0 Å². The van der Waals surface area contributed by atoms with Gasteiger partial charge in [0.1, 0.15) is 47.7 Å². The standard InChI is InChI=1S/C29H30O10/c1-6-10-34-24-11-18(8-9-22(24)32-5)23-14-21(30)28-25(36-15-20-16-37-29(3,4)39-20)12-19(13-26(28)38-23)35-17-27(31)33-7-2/h6,8-9,11-14,16H,1,7,10,15,17H2,2-5H3. The Morgan fingerprint density at radius 1 is 1.05 bits per heavy atom. The molecule has 0 saturated carbocycles. The third-order valence-electron chi connectivity index (χ3n) is 5.46. The lowest BCUT2D eigenvalue weighted by Gasteiger charge is -2.18. The number of fused-ring (bicyclic) bond motifs is 1. The molecular formula is C29H30O10. The maximum Gasteiger partial charge on any atom is 0.344 e. The Labute approximate surface area is 225 Å². The van der Waals surface area contributed by atoms with Gasteiger partial charge in [-0.2, -0.15) is 0 Å². The van der Waals surface area contributed by atoms with Crippen LogP contribution < -0.4 is 24.4 Å². The number of rotatable bonds is 12. The van der Waals surface area contributed by atoms with Crippen molar-refractivity contribution in [1.82, 2.24) is 0 Å². The Morgan fingerprint density at radius 2 is 1.87 bits per heavy atom. The number of methoxy groups -OCH3 is 1. The summed E-state index contributed by atoms with van der Waals surface area (Å²) >= 11 is 0. The summed E-state index contributed by atoms with van der Waals surface area (Å²) < 4.78 is 44.8. The Kier molecular flexibility index (Phi) is 8.33. The fourth-order valence-corrected chi connectivity index (χ4v) is 3.79.